The van der Waals surface area contributed by atoms with Crippen LogP contribution in [0.3, 0.4) is 0 Å². The summed E-state index contributed by atoms with van der Waals surface area (Å²) in [6, 6.07) is 10.2. The number of piperidine rings is 1. The van der Waals surface area contributed by atoms with Gasteiger partial charge in [0.1, 0.15) is 0 Å². The van der Waals surface area contributed by atoms with Crippen molar-refractivity contribution in [1.29, 1.82) is 0 Å². The number of hydrogen-bond donors (Lipinski definition) is 1. The Balaban J connectivity index is 1.69. The maximum atomic E-state index is 5.38. The topological polar surface area (TPSA) is 51.0 Å². The summed E-state index contributed by atoms with van der Waals surface area (Å²) in [6.45, 7) is 2.05. The van der Waals surface area contributed by atoms with Crippen LogP contribution in [0.4, 0.5) is 0 Å². The molecular weight excluding hydrogens is 226 g/mol. The molecular formula is C14H17N3O. The molecule has 94 valence electrons. The van der Waals surface area contributed by atoms with E-state index in [1.54, 1.807) is 0 Å². The normalized spacial score (nSPS) is 19.9. The van der Waals surface area contributed by atoms with E-state index in [-0.39, 0.29) is 0 Å². The minimum atomic E-state index is 0.385. The lowest BCUT2D eigenvalue weighted by Gasteiger charge is -2.18. The summed E-state index contributed by atoms with van der Waals surface area (Å²) in [5.41, 5.74) is 1.21. The van der Waals surface area contributed by atoms with Gasteiger partial charge >= 0.3 is 0 Å². The van der Waals surface area contributed by atoms with Crippen LogP contribution in [0.25, 0.3) is 0 Å². The largest absolute Gasteiger partial charge is 0.339 e. The third-order valence-electron chi connectivity index (χ3n) is 3.33. The zero-order valence-electron chi connectivity index (χ0n) is 10.3. The highest BCUT2D eigenvalue weighted by Gasteiger charge is 2.21. The van der Waals surface area contributed by atoms with Gasteiger partial charge in [0.15, 0.2) is 5.82 Å². The third-order valence-corrected chi connectivity index (χ3v) is 3.33. The third kappa shape index (κ3) is 2.59. The van der Waals surface area contributed by atoms with Crippen LogP contribution in [0, 0.1) is 0 Å². The molecule has 1 aliphatic heterocycles. The summed E-state index contributed by atoms with van der Waals surface area (Å²) in [5, 5.41) is 7.44. The van der Waals surface area contributed by atoms with E-state index in [4.69, 9.17) is 4.52 Å². The molecule has 0 unspecified atom stereocenters. The molecule has 1 aliphatic rings. The highest BCUT2D eigenvalue weighted by molar-refractivity contribution is 5.18. The molecule has 0 bridgehead atoms. The summed E-state index contributed by atoms with van der Waals surface area (Å²) in [7, 11) is 0. The molecule has 4 nitrogen and oxygen atoms in total. The second-order valence-electron chi connectivity index (χ2n) is 4.75. The summed E-state index contributed by atoms with van der Waals surface area (Å²) in [4.78, 5) is 4.51. The molecule has 0 spiro atoms. The molecule has 0 saturated carbocycles. The Morgan fingerprint density at radius 2 is 2.17 bits per heavy atom. The minimum Gasteiger partial charge on any atom is -0.339 e. The van der Waals surface area contributed by atoms with Crippen molar-refractivity contribution in [3.63, 3.8) is 0 Å². The van der Waals surface area contributed by atoms with Crippen LogP contribution < -0.4 is 5.32 Å². The molecule has 1 aromatic heterocycles. The van der Waals surface area contributed by atoms with Gasteiger partial charge in [-0.15, -0.1) is 0 Å². The molecule has 0 amide bonds. The monoisotopic (exact) mass is 243 g/mol. The van der Waals surface area contributed by atoms with Crippen LogP contribution in [0.15, 0.2) is 34.9 Å². The average molecular weight is 243 g/mol. The van der Waals surface area contributed by atoms with E-state index in [0.717, 1.165) is 37.6 Å². The van der Waals surface area contributed by atoms with Gasteiger partial charge < -0.3 is 9.84 Å². The highest BCUT2D eigenvalue weighted by atomic mass is 16.5. The van der Waals surface area contributed by atoms with Crippen molar-refractivity contribution >= 4 is 0 Å². The molecule has 4 heteroatoms. The lowest BCUT2D eigenvalue weighted by molar-refractivity contribution is 0.320. The van der Waals surface area contributed by atoms with Crippen LogP contribution in [0.1, 0.15) is 36.0 Å². The van der Waals surface area contributed by atoms with E-state index in [0.29, 0.717) is 5.92 Å². The lowest BCUT2D eigenvalue weighted by atomic mass is 10.00. The van der Waals surface area contributed by atoms with Crippen molar-refractivity contribution in [1.82, 2.24) is 15.5 Å². The van der Waals surface area contributed by atoms with Crippen molar-refractivity contribution in [3.8, 4) is 0 Å². The van der Waals surface area contributed by atoms with Gasteiger partial charge in [-0.3, -0.25) is 0 Å². The quantitative estimate of drug-likeness (QED) is 0.897. The van der Waals surface area contributed by atoms with Gasteiger partial charge in [-0.25, -0.2) is 0 Å². The molecule has 1 atom stereocenters. The number of aromatic nitrogens is 2. The van der Waals surface area contributed by atoms with Gasteiger partial charge in [-0.1, -0.05) is 35.5 Å². The van der Waals surface area contributed by atoms with Gasteiger partial charge in [-0.2, -0.15) is 4.98 Å². The van der Waals surface area contributed by atoms with Gasteiger partial charge in [0, 0.05) is 13.0 Å². The van der Waals surface area contributed by atoms with Crippen LogP contribution >= 0.6 is 0 Å². The van der Waals surface area contributed by atoms with E-state index in [1.165, 1.54) is 12.0 Å². The van der Waals surface area contributed by atoms with Crippen LogP contribution in [-0.4, -0.2) is 23.2 Å². The van der Waals surface area contributed by atoms with Crippen LogP contribution in [0.2, 0.25) is 0 Å². The fraction of sp³-hybridized carbons (Fsp3) is 0.429. The Hall–Kier alpha value is -1.68. The van der Waals surface area contributed by atoms with E-state index in [2.05, 4.69) is 27.6 Å². The number of benzene rings is 1. The first-order valence-electron chi connectivity index (χ1n) is 6.49. The molecule has 18 heavy (non-hydrogen) atoms. The summed E-state index contributed by atoms with van der Waals surface area (Å²) >= 11 is 0. The lowest BCUT2D eigenvalue weighted by Crippen LogP contribution is -2.28. The Morgan fingerprint density at radius 1 is 1.28 bits per heavy atom. The number of rotatable bonds is 3. The van der Waals surface area contributed by atoms with Crippen LogP contribution in [0.5, 0.6) is 0 Å². The minimum absolute atomic E-state index is 0.385. The van der Waals surface area contributed by atoms with E-state index < -0.39 is 0 Å². The molecule has 3 rings (SSSR count). The van der Waals surface area contributed by atoms with E-state index >= 15 is 0 Å². The molecule has 1 saturated heterocycles. The predicted octanol–water partition coefficient (Wildman–Crippen LogP) is 2.13. The SMILES string of the molecule is c1ccc(Cc2noc([C@@H]3CCCNC3)n2)cc1. The van der Waals surface area contributed by atoms with Gasteiger partial charge in [0.05, 0.1) is 5.92 Å². The first-order valence-corrected chi connectivity index (χ1v) is 6.49. The maximum absolute atomic E-state index is 5.38. The Labute approximate surface area is 106 Å². The van der Waals surface area contributed by atoms with Gasteiger partial charge in [-0.05, 0) is 24.9 Å². The Kier molecular flexibility index (Phi) is 3.37. The van der Waals surface area contributed by atoms with Gasteiger partial charge in [0.2, 0.25) is 5.89 Å². The molecule has 0 radical (unpaired) electrons. The smallest absolute Gasteiger partial charge is 0.231 e. The molecule has 1 aromatic carbocycles. The maximum Gasteiger partial charge on any atom is 0.231 e. The second-order valence-corrected chi connectivity index (χ2v) is 4.75. The first-order chi connectivity index (χ1) is 8.92. The number of nitrogens with one attached hydrogen (secondary N) is 1. The number of hydrogen-bond acceptors (Lipinski definition) is 4. The van der Waals surface area contributed by atoms with E-state index in [1.807, 2.05) is 18.2 Å². The van der Waals surface area contributed by atoms with Crippen molar-refractivity contribution in [2.45, 2.75) is 25.2 Å². The second kappa shape index (κ2) is 5.31. The molecule has 1 N–H and O–H groups in total. The zero-order chi connectivity index (χ0) is 12.2. The molecule has 2 heterocycles. The van der Waals surface area contributed by atoms with Crippen molar-refractivity contribution in [3.05, 3.63) is 47.6 Å². The average Bonchev–Trinajstić information content (AvgIpc) is 2.89. The summed E-state index contributed by atoms with van der Waals surface area (Å²) in [5.74, 6) is 1.95. The van der Waals surface area contributed by atoms with Crippen molar-refractivity contribution in [2.24, 2.45) is 0 Å². The summed E-state index contributed by atoms with van der Waals surface area (Å²) < 4.78 is 5.38. The molecule has 1 fully saturated rings. The van der Waals surface area contributed by atoms with Crippen molar-refractivity contribution in [2.75, 3.05) is 13.1 Å². The van der Waals surface area contributed by atoms with Crippen LogP contribution in [-0.2, 0) is 6.42 Å². The predicted molar refractivity (Wildman–Crippen MR) is 68.4 cm³/mol. The fourth-order valence-corrected chi connectivity index (χ4v) is 2.35. The molecule has 2 aromatic rings. The standard InChI is InChI=1S/C14H17N3O/c1-2-5-11(6-3-1)9-13-16-14(18-17-13)12-7-4-8-15-10-12/h1-3,5-6,12,15H,4,7-10H2/t12-/m1/s1. The van der Waals surface area contributed by atoms with Crippen molar-refractivity contribution < 1.29 is 4.52 Å². The van der Waals surface area contributed by atoms with Gasteiger partial charge in [0.25, 0.3) is 0 Å². The summed E-state index contributed by atoms with van der Waals surface area (Å²) in [6.07, 6.45) is 3.06. The van der Waals surface area contributed by atoms with E-state index in [9.17, 15) is 0 Å². The highest BCUT2D eigenvalue weighted by Crippen LogP contribution is 2.21. The Bertz CT molecular complexity index is 489. The number of nitrogens with zero attached hydrogens (tertiary/aromatic N) is 2. The fourth-order valence-electron chi connectivity index (χ4n) is 2.35. The molecule has 0 aliphatic carbocycles. The Morgan fingerprint density at radius 3 is 2.94 bits per heavy atom. The first kappa shape index (κ1) is 11.4. The zero-order valence-corrected chi connectivity index (χ0v) is 10.3.